The molecule has 1 aromatic carbocycles. The van der Waals surface area contributed by atoms with Crippen LogP contribution in [0.4, 0.5) is 5.69 Å². The summed E-state index contributed by atoms with van der Waals surface area (Å²) in [5, 5.41) is 16.2. The van der Waals surface area contributed by atoms with Crippen molar-refractivity contribution in [2.45, 2.75) is 13.3 Å². The summed E-state index contributed by atoms with van der Waals surface area (Å²) in [7, 11) is -3.63. The van der Waals surface area contributed by atoms with Crippen molar-refractivity contribution < 1.29 is 18.1 Å². The molecular formula is C11H14BrClN2O5S. The van der Waals surface area contributed by atoms with Gasteiger partial charge in [-0.25, -0.2) is 13.6 Å². The van der Waals surface area contributed by atoms with E-state index in [1.165, 1.54) is 12.1 Å². The number of halogens is 2. The fourth-order valence-corrected chi connectivity index (χ4v) is 3.54. The quantitative estimate of drug-likeness (QED) is 0.557. The first-order valence-electron chi connectivity index (χ1n) is 5.90. The SMILES string of the molecule is CCC(COc1c(Br)cc(Cl)cc1[N+](=O)[O-])CS(N)(=O)=O. The van der Waals surface area contributed by atoms with Gasteiger partial charge in [0.05, 0.1) is 21.8 Å². The Morgan fingerprint density at radius 3 is 2.62 bits per heavy atom. The van der Waals surface area contributed by atoms with Crippen LogP contribution >= 0.6 is 27.5 Å². The molecule has 0 fully saturated rings. The van der Waals surface area contributed by atoms with Crippen LogP contribution in [-0.2, 0) is 10.0 Å². The Morgan fingerprint density at radius 1 is 1.52 bits per heavy atom. The van der Waals surface area contributed by atoms with Gasteiger partial charge in [0, 0.05) is 17.0 Å². The minimum atomic E-state index is -3.63. The third kappa shape index (κ3) is 5.77. The highest BCUT2D eigenvalue weighted by Gasteiger charge is 2.22. The van der Waals surface area contributed by atoms with Crippen molar-refractivity contribution in [2.75, 3.05) is 12.4 Å². The number of rotatable bonds is 7. The Hall–Kier alpha value is -0.900. The van der Waals surface area contributed by atoms with E-state index in [0.717, 1.165) is 0 Å². The standard InChI is InChI=1S/C11H14BrClN2O5S/c1-2-7(6-21(14,18)19)5-20-11-9(12)3-8(13)4-10(11)15(16)17/h3-4,7H,2,5-6H2,1H3,(H2,14,18,19). The number of sulfonamides is 1. The van der Waals surface area contributed by atoms with Crippen LogP contribution in [0.1, 0.15) is 13.3 Å². The number of hydrogen-bond acceptors (Lipinski definition) is 5. The Kier molecular flexibility index (Phi) is 6.39. The van der Waals surface area contributed by atoms with E-state index in [-0.39, 0.29) is 34.7 Å². The second-order valence-corrected chi connectivity index (χ2v) is 7.36. The van der Waals surface area contributed by atoms with E-state index in [4.69, 9.17) is 21.5 Å². The number of benzene rings is 1. The van der Waals surface area contributed by atoms with Gasteiger partial charge in [-0.2, -0.15) is 0 Å². The summed E-state index contributed by atoms with van der Waals surface area (Å²) in [5.74, 6) is -0.595. The molecule has 0 saturated heterocycles. The van der Waals surface area contributed by atoms with Gasteiger partial charge in [0.15, 0.2) is 0 Å². The molecule has 0 aliphatic heterocycles. The molecule has 0 aliphatic rings. The van der Waals surface area contributed by atoms with E-state index in [0.29, 0.717) is 10.9 Å². The summed E-state index contributed by atoms with van der Waals surface area (Å²) >= 11 is 8.90. The minimum absolute atomic E-state index is 0.00595. The summed E-state index contributed by atoms with van der Waals surface area (Å²) in [6.45, 7) is 1.78. The smallest absolute Gasteiger partial charge is 0.313 e. The van der Waals surface area contributed by atoms with Crippen LogP contribution in [0, 0.1) is 16.0 Å². The number of nitro benzene ring substituents is 1. The van der Waals surface area contributed by atoms with Crippen LogP contribution < -0.4 is 9.88 Å². The van der Waals surface area contributed by atoms with Crippen LogP contribution in [0.15, 0.2) is 16.6 Å². The molecule has 10 heteroatoms. The van der Waals surface area contributed by atoms with E-state index in [1.54, 1.807) is 6.92 Å². The maximum Gasteiger partial charge on any atom is 0.313 e. The number of nitrogens with zero attached hydrogens (tertiary/aromatic N) is 1. The molecule has 118 valence electrons. The maximum absolute atomic E-state index is 11.1. The van der Waals surface area contributed by atoms with Gasteiger partial charge in [-0.15, -0.1) is 0 Å². The lowest BCUT2D eigenvalue weighted by Crippen LogP contribution is -2.26. The van der Waals surface area contributed by atoms with Crippen LogP contribution in [0.5, 0.6) is 5.75 Å². The zero-order valence-electron chi connectivity index (χ0n) is 11.1. The first-order valence-corrected chi connectivity index (χ1v) is 8.79. The minimum Gasteiger partial charge on any atom is -0.486 e. The van der Waals surface area contributed by atoms with Gasteiger partial charge in [0.25, 0.3) is 0 Å². The summed E-state index contributed by atoms with van der Waals surface area (Å²) in [6.07, 6.45) is 0.509. The average Bonchev–Trinajstić information content (AvgIpc) is 2.33. The molecule has 0 saturated carbocycles. The fraction of sp³-hybridized carbons (Fsp3) is 0.455. The summed E-state index contributed by atoms with van der Waals surface area (Å²) < 4.78 is 27.9. The van der Waals surface area contributed by atoms with Gasteiger partial charge in [0.2, 0.25) is 15.8 Å². The van der Waals surface area contributed by atoms with Gasteiger partial charge in [-0.1, -0.05) is 18.5 Å². The van der Waals surface area contributed by atoms with Crippen molar-refractivity contribution in [2.24, 2.45) is 11.1 Å². The number of ether oxygens (including phenoxy) is 1. The van der Waals surface area contributed by atoms with Crippen LogP contribution in [0.3, 0.4) is 0 Å². The first kappa shape index (κ1) is 18.1. The highest BCUT2D eigenvalue weighted by atomic mass is 79.9. The van der Waals surface area contributed by atoms with Crippen molar-refractivity contribution in [1.82, 2.24) is 0 Å². The topological polar surface area (TPSA) is 113 Å². The van der Waals surface area contributed by atoms with Crippen molar-refractivity contribution in [1.29, 1.82) is 0 Å². The molecule has 0 heterocycles. The molecule has 0 amide bonds. The van der Waals surface area contributed by atoms with E-state index in [1.807, 2.05) is 0 Å². The summed E-state index contributed by atoms with van der Waals surface area (Å²) in [5.41, 5.74) is -0.292. The molecule has 1 unspecified atom stereocenters. The third-order valence-corrected chi connectivity index (χ3v) is 4.44. The van der Waals surface area contributed by atoms with Crippen molar-refractivity contribution >= 4 is 43.2 Å². The number of hydrogen-bond donors (Lipinski definition) is 1. The molecule has 0 aliphatic carbocycles. The van der Waals surface area contributed by atoms with Crippen LogP contribution in [0.2, 0.25) is 5.02 Å². The highest BCUT2D eigenvalue weighted by molar-refractivity contribution is 9.10. The monoisotopic (exact) mass is 400 g/mol. The maximum atomic E-state index is 11.1. The highest BCUT2D eigenvalue weighted by Crippen LogP contribution is 2.38. The molecular weight excluding hydrogens is 388 g/mol. The van der Waals surface area contributed by atoms with E-state index < -0.39 is 14.9 Å². The Morgan fingerprint density at radius 2 is 2.14 bits per heavy atom. The Balaban J connectivity index is 2.95. The number of primary sulfonamides is 1. The lowest BCUT2D eigenvalue weighted by molar-refractivity contribution is -0.386. The fourth-order valence-electron chi connectivity index (χ4n) is 1.64. The second-order valence-electron chi connectivity index (χ2n) is 4.41. The lowest BCUT2D eigenvalue weighted by Gasteiger charge is -2.15. The third-order valence-electron chi connectivity index (χ3n) is 2.69. The van der Waals surface area contributed by atoms with Crippen molar-refractivity contribution in [3.8, 4) is 5.75 Å². The normalized spacial score (nSPS) is 13.0. The summed E-state index contributed by atoms with van der Waals surface area (Å²) in [6, 6.07) is 2.63. The predicted octanol–water partition coefficient (Wildman–Crippen LogP) is 2.70. The molecule has 7 nitrogen and oxygen atoms in total. The Bertz CT molecular complexity index is 638. The van der Waals surface area contributed by atoms with E-state index in [9.17, 15) is 18.5 Å². The van der Waals surface area contributed by atoms with Crippen molar-refractivity contribution in [3.63, 3.8) is 0 Å². The van der Waals surface area contributed by atoms with Gasteiger partial charge in [0.1, 0.15) is 0 Å². The molecule has 0 spiro atoms. The first-order chi connectivity index (χ1) is 9.64. The lowest BCUT2D eigenvalue weighted by atomic mass is 10.1. The van der Waals surface area contributed by atoms with E-state index in [2.05, 4.69) is 15.9 Å². The molecule has 0 aromatic heterocycles. The van der Waals surface area contributed by atoms with Crippen LogP contribution in [-0.4, -0.2) is 25.7 Å². The molecule has 2 N–H and O–H groups in total. The van der Waals surface area contributed by atoms with Crippen LogP contribution in [0.25, 0.3) is 0 Å². The van der Waals surface area contributed by atoms with Gasteiger partial charge in [-0.3, -0.25) is 10.1 Å². The number of nitro groups is 1. The zero-order valence-corrected chi connectivity index (χ0v) is 14.2. The van der Waals surface area contributed by atoms with Crippen molar-refractivity contribution in [3.05, 3.63) is 31.7 Å². The zero-order chi connectivity index (χ0) is 16.2. The molecule has 21 heavy (non-hydrogen) atoms. The Labute approximate surface area is 135 Å². The molecule has 0 bridgehead atoms. The number of nitrogens with two attached hydrogens (primary N) is 1. The summed E-state index contributed by atoms with van der Waals surface area (Å²) in [4.78, 5) is 10.4. The molecule has 1 atom stereocenters. The molecule has 1 aromatic rings. The predicted molar refractivity (Wildman–Crippen MR) is 83.1 cm³/mol. The van der Waals surface area contributed by atoms with Gasteiger partial charge < -0.3 is 4.74 Å². The van der Waals surface area contributed by atoms with Gasteiger partial charge >= 0.3 is 5.69 Å². The molecule has 1 rings (SSSR count). The van der Waals surface area contributed by atoms with E-state index >= 15 is 0 Å². The second kappa shape index (κ2) is 7.39. The van der Waals surface area contributed by atoms with Gasteiger partial charge in [-0.05, 0) is 28.4 Å². The largest absolute Gasteiger partial charge is 0.486 e. The average molecular weight is 402 g/mol. The molecule has 0 radical (unpaired) electrons.